The Morgan fingerprint density at radius 2 is 1.96 bits per heavy atom. The molecule has 3 rings (SSSR count). The molecule has 1 aliphatic rings. The number of methoxy groups -OCH3 is 1. The second-order valence-corrected chi connectivity index (χ2v) is 5.61. The molecule has 1 N–H and O–H groups in total. The van der Waals surface area contributed by atoms with E-state index in [1.165, 1.54) is 0 Å². The summed E-state index contributed by atoms with van der Waals surface area (Å²) in [5, 5.41) is 10.4. The molecule has 0 spiro atoms. The number of nitrogens with zero attached hydrogens (tertiary/aromatic N) is 2. The molecule has 0 radical (unpaired) electrons. The zero-order chi connectivity index (χ0) is 16.1. The fourth-order valence-electron chi connectivity index (χ4n) is 2.79. The molecule has 0 unspecified atom stereocenters. The van der Waals surface area contributed by atoms with Crippen molar-refractivity contribution in [2.24, 2.45) is 0 Å². The molecule has 23 heavy (non-hydrogen) atoms. The predicted molar refractivity (Wildman–Crippen MR) is 88.4 cm³/mol. The first-order valence-electron chi connectivity index (χ1n) is 7.85. The van der Waals surface area contributed by atoms with Crippen molar-refractivity contribution in [1.82, 2.24) is 9.88 Å². The highest BCUT2D eigenvalue weighted by molar-refractivity contribution is 5.68. The fourth-order valence-corrected chi connectivity index (χ4v) is 2.79. The van der Waals surface area contributed by atoms with Crippen molar-refractivity contribution in [2.45, 2.75) is 6.10 Å². The smallest absolute Gasteiger partial charge is 0.221 e. The first-order valence-corrected chi connectivity index (χ1v) is 7.85. The minimum atomic E-state index is -0.488. The molecule has 0 amide bonds. The van der Waals surface area contributed by atoms with Gasteiger partial charge in [-0.3, -0.25) is 4.90 Å². The van der Waals surface area contributed by atoms with Crippen LogP contribution in [-0.2, 0) is 4.74 Å². The first kappa shape index (κ1) is 15.9. The van der Waals surface area contributed by atoms with Crippen molar-refractivity contribution in [1.29, 1.82) is 0 Å². The maximum atomic E-state index is 10.4. The number of hydrogen-bond donors (Lipinski definition) is 1. The number of pyridine rings is 1. The number of hydrogen-bond acceptors (Lipinski definition) is 5. The van der Waals surface area contributed by atoms with Crippen LogP contribution in [0.3, 0.4) is 0 Å². The van der Waals surface area contributed by atoms with Crippen molar-refractivity contribution < 1.29 is 14.6 Å². The van der Waals surface area contributed by atoms with E-state index in [9.17, 15) is 5.11 Å². The first-order chi connectivity index (χ1) is 11.3. The normalized spacial score (nSPS) is 17.0. The molecule has 1 aromatic heterocycles. The van der Waals surface area contributed by atoms with Crippen LogP contribution in [0.1, 0.15) is 11.7 Å². The molecule has 0 bridgehead atoms. The summed E-state index contributed by atoms with van der Waals surface area (Å²) >= 11 is 0. The van der Waals surface area contributed by atoms with Crippen LogP contribution in [0, 0.1) is 0 Å². The monoisotopic (exact) mass is 314 g/mol. The molecular weight excluding hydrogens is 292 g/mol. The summed E-state index contributed by atoms with van der Waals surface area (Å²) in [6.45, 7) is 3.88. The van der Waals surface area contributed by atoms with Crippen LogP contribution < -0.4 is 4.74 Å². The van der Waals surface area contributed by atoms with Gasteiger partial charge >= 0.3 is 0 Å². The van der Waals surface area contributed by atoms with Gasteiger partial charge in [0, 0.05) is 31.4 Å². The minimum Gasteiger partial charge on any atom is -0.481 e. The van der Waals surface area contributed by atoms with Gasteiger partial charge in [-0.2, -0.15) is 0 Å². The van der Waals surface area contributed by atoms with Crippen LogP contribution in [0.4, 0.5) is 0 Å². The van der Waals surface area contributed by atoms with Crippen molar-refractivity contribution in [2.75, 3.05) is 40.0 Å². The zero-order valence-corrected chi connectivity index (χ0v) is 13.3. The lowest BCUT2D eigenvalue weighted by atomic mass is 10.0. The summed E-state index contributed by atoms with van der Waals surface area (Å²) in [5.41, 5.74) is 2.89. The molecule has 1 saturated heterocycles. The molecule has 0 saturated carbocycles. The standard InChI is InChI=1S/C18H22N2O3/c1-22-18-16(3-2-8-19-18)14-4-6-15(7-5-14)17(21)13-20-9-11-23-12-10-20/h2-8,17,21H,9-13H2,1H3/t17-/m0/s1. The van der Waals surface area contributed by atoms with E-state index in [-0.39, 0.29) is 0 Å². The van der Waals surface area contributed by atoms with Gasteiger partial charge in [0.2, 0.25) is 5.88 Å². The summed E-state index contributed by atoms with van der Waals surface area (Å²) in [6, 6.07) is 11.8. The summed E-state index contributed by atoms with van der Waals surface area (Å²) in [6.07, 6.45) is 1.22. The highest BCUT2D eigenvalue weighted by Gasteiger charge is 2.16. The van der Waals surface area contributed by atoms with Crippen LogP contribution >= 0.6 is 0 Å². The van der Waals surface area contributed by atoms with Crippen molar-refractivity contribution in [3.63, 3.8) is 0 Å². The summed E-state index contributed by atoms with van der Waals surface area (Å²) < 4.78 is 10.6. The Hall–Kier alpha value is -1.95. The van der Waals surface area contributed by atoms with E-state index in [4.69, 9.17) is 9.47 Å². The number of aliphatic hydroxyl groups is 1. The van der Waals surface area contributed by atoms with Crippen LogP contribution in [0.15, 0.2) is 42.6 Å². The number of morpholine rings is 1. The van der Waals surface area contributed by atoms with Gasteiger partial charge in [-0.25, -0.2) is 4.98 Å². The molecule has 1 aliphatic heterocycles. The molecule has 2 aromatic rings. The van der Waals surface area contributed by atoms with Gasteiger partial charge in [0.1, 0.15) is 0 Å². The Morgan fingerprint density at radius 1 is 1.22 bits per heavy atom. The average Bonchev–Trinajstić information content (AvgIpc) is 2.62. The van der Waals surface area contributed by atoms with E-state index in [1.54, 1.807) is 13.3 Å². The van der Waals surface area contributed by atoms with Crippen molar-refractivity contribution in [3.8, 4) is 17.0 Å². The number of aromatic nitrogens is 1. The molecule has 1 atom stereocenters. The zero-order valence-electron chi connectivity index (χ0n) is 13.3. The van der Waals surface area contributed by atoms with Crippen molar-refractivity contribution in [3.05, 3.63) is 48.2 Å². The highest BCUT2D eigenvalue weighted by atomic mass is 16.5. The van der Waals surface area contributed by atoms with Crippen LogP contribution in [0.2, 0.25) is 0 Å². The highest BCUT2D eigenvalue weighted by Crippen LogP contribution is 2.28. The third kappa shape index (κ3) is 3.88. The number of β-amino-alcohol motifs (C(OH)–C–C–N with tert-alkyl or cyclic N) is 1. The quantitative estimate of drug-likeness (QED) is 0.916. The number of benzene rings is 1. The van der Waals surface area contributed by atoms with Crippen LogP contribution in [0.5, 0.6) is 5.88 Å². The van der Waals surface area contributed by atoms with E-state index in [1.807, 2.05) is 36.4 Å². The Labute approximate surface area is 136 Å². The third-order valence-electron chi connectivity index (χ3n) is 4.11. The average molecular weight is 314 g/mol. The second kappa shape index (κ2) is 7.55. The molecule has 122 valence electrons. The Kier molecular flexibility index (Phi) is 5.23. The fraction of sp³-hybridized carbons (Fsp3) is 0.389. The van der Waals surface area contributed by atoms with Crippen LogP contribution in [-0.4, -0.2) is 54.9 Å². The third-order valence-corrected chi connectivity index (χ3v) is 4.11. The lowest BCUT2D eigenvalue weighted by Crippen LogP contribution is -2.38. The molecule has 5 heteroatoms. The van der Waals surface area contributed by atoms with Gasteiger partial charge < -0.3 is 14.6 Å². The molecule has 1 fully saturated rings. The SMILES string of the molecule is COc1ncccc1-c1ccc([C@@H](O)CN2CCOCC2)cc1. The number of aliphatic hydroxyl groups excluding tert-OH is 1. The van der Waals surface area contributed by atoms with Gasteiger partial charge in [0.25, 0.3) is 0 Å². The largest absolute Gasteiger partial charge is 0.481 e. The van der Waals surface area contributed by atoms with E-state index >= 15 is 0 Å². The Balaban J connectivity index is 1.71. The van der Waals surface area contributed by atoms with Gasteiger partial charge in [-0.1, -0.05) is 24.3 Å². The van der Waals surface area contributed by atoms with Crippen molar-refractivity contribution >= 4 is 0 Å². The predicted octanol–water partition coefficient (Wildman–Crippen LogP) is 2.12. The topological polar surface area (TPSA) is 54.8 Å². The summed E-state index contributed by atoms with van der Waals surface area (Å²) in [4.78, 5) is 6.45. The molecular formula is C18H22N2O3. The lowest BCUT2D eigenvalue weighted by molar-refractivity contribution is 0.0143. The summed E-state index contributed by atoms with van der Waals surface area (Å²) in [5.74, 6) is 0.606. The maximum absolute atomic E-state index is 10.4. The maximum Gasteiger partial charge on any atom is 0.221 e. The minimum absolute atomic E-state index is 0.488. The Bertz CT molecular complexity index is 624. The van der Waals surface area contributed by atoms with E-state index < -0.39 is 6.10 Å². The Morgan fingerprint density at radius 3 is 2.65 bits per heavy atom. The molecule has 1 aromatic carbocycles. The van der Waals surface area contributed by atoms with Gasteiger partial charge in [0.05, 0.1) is 26.4 Å². The van der Waals surface area contributed by atoms with E-state index in [0.717, 1.165) is 43.0 Å². The summed E-state index contributed by atoms with van der Waals surface area (Å²) in [7, 11) is 1.62. The van der Waals surface area contributed by atoms with Gasteiger partial charge in [0.15, 0.2) is 0 Å². The lowest BCUT2D eigenvalue weighted by Gasteiger charge is -2.28. The second-order valence-electron chi connectivity index (χ2n) is 5.61. The molecule has 5 nitrogen and oxygen atoms in total. The number of ether oxygens (including phenoxy) is 2. The van der Waals surface area contributed by atoms with Crippen LogP contribution in [0.25, 0.3) is 11.1 Å². The van der Waals surface area contributed by atoms with Gasteiger partial charge in [-0.05, 0) is 23.3 Å². The van der Waals surface area contributed by atoms with Gasteiger partial charge in [-0.15, -0.1) is 0 Å². The molecule has 2 heterocycles. The van der Waals surface area contributed by atoms with E-state index in [2.05, 4.69) is 9.88 Å². The number of rotatable bonds is 5. The van der Waals surface area contributed by atoms with E-state index in [0.29, 0.717) is 12.4 Å². The molecule has 0 aliphatic carbocycles.